The molecule has 0 fully saturated rings. The molecule has 0 saturated heterocycles. The van der Waals surface area contributed by atoms with Crippen molar-refractivity contribution in [1.82, 2.24) is 0 Å². The molecule has 7 heteroatoms. The van der Waals surface area contributed by atoms with Gasteiger partial charge in [0.25, 0.3) is 0 Å². The van der Waals surface area contributed by atoms with Crippen molar-refractivity contribution in [3.63, 3.8) is 0 Å². The van der Waals surface area contributed by atoms with Crippen LogP contribution in [0.15, 0.2) is 42.5 Å². The SMILES string of the molecule is CCOC(=O)C(CC)Cc1ccc(OC)c(CC(=O)c2ccc(C(F)(F)F)cc2)c1. The van der Waals surface area contributed by atoms with Crippen LogP contribution in [0.4, 0.5) is 13.2 Å². The second kappa shape index (κ2) is 10.3. The fourth-order valence-electron chi connectivity index (χ4n) is 3.16. The molecule has 0 N–H and O–H groups in total. The lowest BCUT2D eigenvalue weighted by atomic mass is 9.93. The maximum atomic E-state index is 12.7. The Bertz CT molecular complexity index is 873. The van der Waals surface area contributed by atoms with E-state index in [0.717, 1.165) is 17.7 Å². The van der Waals surface area contributed by atoms with Gasteiger partial charge in [0.05, 0.1) is 25.2 Å². The summed E-state index contributed by atoms with van der Waals surface area (Å²) >= 11 is 0. The molecule has 0 heterocycles. The number of carbonyl (C=O) groups is 2. The number of esters is 1. The highest BCUT2D eigenvalue weighted by Gasteiger charge is 2.30. The number of rotatable bonds is 9. The molecule has 0 saturated carbocycles. The minimum Gasteiger partial charge on any atom is -0.496 e. The van der Waals surface area contributed by atoms with Gasteiger partial charge in [0, 0.05) is 17.5 Å². The first-order chi connectivity index (χ1) is 14.2. The predicted octanol–water partition coefficient (Wildman–Crippen LogP) is 5.27. The van der Waals surface area contributed by atoms with Gasteiger partial charge in [0.2, 0.25) is 0 Å². The van der Waals surface area contributed by atoms with Crippen LogP contribution in [0.2, 0.25) is 0 Å². The Morgan fingerprint density at radius 2 is 1.70 bits per heavy atom. The van der Waals surface area contributed by atoms with Crippen molar-refractivity contribution < 1.29 is 32.2 Å². The van der Waals surface area contributed by atoms with Gasteiger partial charge in [0.1, 0.15) is 5.75 Å². The van der Waals surface area contributed by atoms with Gasteiger partial charge >= 0.3 is 12.1 Å². The van der Waals surface area contributed by atoms with Crippen molar-refractivity contribution in [2.45, 2.75) is 39.3 Å². The second-order valence-electron chi connectivity index (χ2n) is 6.88. The first-order valence-electron chi connectivity index (χ1n) is 9.72. The Kier molecular flexibility index (Phi) is 8.03. The molecule has 0 radical (unpaired) electrons. The van der Waals surface area contributed by atoms with Crippen molar-refractivity contribution in [3.05, 3.63) is 64.7 Å². The van der Waals surface area contributed by atoms with Gasteiger partial charge in [0.15, 0.2) is 5.78 Å². The third-order valence-electron chi connectivity index (χ3n) is 4.82. The van der Waals surface area contributed by atoms with E-state index in [4.69, 9.17) is 9.47 Å². The summed E-state index contributed by atoms with van der Waals surface area (Å²) in [4.78, 5) is 24.7. The monoisotopic (exact) mass is 422 g/mol. The Morgan fingerprint density at radius 3 is 2.23 bits per heavy atom. The maximum absolute atomic E-state index is 12.7. The van der Waals surface area contributed by atoms with E-state index in [0.29, 0.717) is 30.8 Å². The molecule has 0 spiro atoms. The smallest absolute Gasteiger partial charge is 0.416 e. The summed E-state index contributed by atoms with van der Waals surface area (Å²) in [5.41, 5.74) is 0.848. The first kappa shape index (κ1) is 23.4. The summed E-state index contributed by atoms with van der Waals surface area (Å²) in [7, 11) is 1.48. The average molecular weight is 422 g/mol. The number of halogens is 3. The zero-order chi connectivity index (χ0) is 22.3. The van der Waals surface area contributed by atoms with Crippen LogP contribution < -0.4 is 4.74 Å². The van der Waals surface area contributed by atoms with E-state index in [1.165, 1.54) is 19.2 Å². The molecular weight excluding hydrogens is 397 g/mol. The number of hydrogen-bond acceptors (Lipinski definition) is 4. The van der Waals surface area contributed by atoms with Crippen LogP contribution in [0.25, 0.3) is 0 Å². The molecule has 2 aromatic rings. The van der Waals surface area contributed by atoms with E-state index in [1.54, 1.807) is 19.1 Å². The van der Waals surface area contributed by atoms with E-state index < -0.39 is 11.7 Å². The van der Waals surface area contributed by atoms with Gasteiger partial charge in [-0.2, -0.15) is 13.2 Å². The second-order valence-corrected chi connectivity index (χ2v) is 6.88. The fourth-order valence-corrected chi connectivity index (χ4v) is 3.16. The molecule has 0 aliphatic heterocycles. The maximum Gasteiger partial charge on any atom is 0.416 e. The zero-order valence-corrected chi connectivity index (χ0v) is 17.2. The summed E-state index contributed by atoms with van der Waals surface area (Å²) < 4.78 is 48.6. The topological polar surface area (TPSA) is 52.6 Å². The van der Waals surface area contributed by atoms with Gasteiger partial charge in [-0.1, -0.05) is 31.2 Å². The molecule has 2 aromatic carbocycles. The van der Waals surface area contributed by atoms with E-state index in [1.807, 2.05) is 13.0 Å². The lowest BCUT2D eigenvalue weighted by Gasteiger charge is -2.15. The van der Waals surface area contributed by atoms with E-state index in [-0.39, 0.29) is 29.7 Å². The van der Waals surface area contributed by atoms with Gasteiger partial charge in [-0.15, -0.1) is 0 Å². The highest BCUT2D eigenvalue weighted by molar-refractivity contribution is 5.97. The van der Waals surface area contributed by atoms with Crippen LogP contribution in [0, 0.1) is 5.92 Å². The number of Topliss-reactive ketones (excluding diaryl/α,β-unsaturated/α-hetero) is 1. The lowest BCUT2D eigenvalue weighted by Crippen LogP contribution is -2.19. The van der Waals surface area contributed by atoms with Crippen molar-refractivity contribution in [1.29, 1.82) is 0 Å². The first-order valence-corrected chi connectivity index (χ1v) is 9.72. The summed E-state index contributed by atoms with van der Waals surface area (Å²) in [5, 5.41) is 0. The number of benzene rings is 2. The van der Waals surface area contributed by atoms with Crippen LogP contribution in [0.3, 0.4) is 0 Å². The predicted molar refractivity (Wildman–Crippen MR) is 107 cm³/mol. The third-order valence-corrected chi connectivity index (χ3v) is 4.82. The molecule has 30 heavy (non-hydrogen) atoms. The van der Waals surface area contributed by atoms with E-state index >= 15 is 0 Å². The number of alkyl halides is 3. The molecule has 2 rings (SSSR count). The Morgan fingerprint density at radius 1 is 1.03 bits per heavy atom. The average Bonchev–Trinajstić information content (AvgIpc) is 2.71. The number of ether oxygens (including phenoxy) is 2. The van der Waals surface area contributed by atoms with Gasteiger partial charge in [-0.25, -0.2) is 0 Å². The van der Waals surface area contributed by atoms with Crippen LogP contribution >= 0.6 is 0 Å². The molecule has 0 aromatic heterocycles. The third kappa shape index (κ3) is 6.08. The van der Waals surface area contributed by atoms with Crippen LogP contribution in [-0.2, 0) is 28.5 Å². The quantitative estimate of drug-likeness (QED) is 0.408. The highest BCUT2D eigenvalue weighted by Crippen LogP contribution is 2.30. The largest absolute Gasteiger partial charge is 0.496 e. The standard InChI is InChI=1S/C23H25F3O4/c1-4-16(22(28)30-5-2)12-15-6-11-21(29-3)18(13-15)14-20(27)17-7-9-19(10-8-17)23(24,25)26/h6-11,13,16H,4-5,12,14H2,1-3H3. The normalized spacial score (nSPS) is 12.3. The lowest BCUT2D eigenvalue weighted by molar-refractivity contribution is -0.148. The van der Waals surface area contributed by atoms with Crippen LogP contribution in [0.1, 0.15) is 47.3 Å². The Balaban J connectivity index is 2.20. The molecule has 0 bridgehead atoms. The molecule has 0 aliphatic carbocycles. The molecule has 162 valence electrons. The van der Waals surface area contributed by atoms with Gasteiger partial charge in [-0.3, -0.25) is 9.59 Å². The van der Waals surface area contributed by atoms with Crippen LogP contribution in [-0.4, -0.2) is 25.5 Å². The molecule has 4 nitrogen and oxygen atoms in total. The fraction of sp³-hybridized carbons (Fsp3) is 0.391. The van der Waals surface area contributed by atoms with Crippen molar-refractivity contribution in [2.24, 2.45) is 5.92 Å². The van der Waals surface area contributed by atoms with Gasteiger partial charge < -0.3 is 9.47 Å². The summed E-state index contributed by atoms with van der Waals surface area (Å²) in [6.07, 6.45) is -3.40. The van der Waals surface area contributed by atoms with Crippen LogP contribution in [0.5, 0.6) is 5.75 Å². The zero-order valence-electron chi connectivity index (χ0n) is 17.2. The van der Waals surface area contributed by atoms with Gasteiger partial charge in [-0.05, 0) is 43.5 Å². The minimum absolute atomic E-state index is 0.0292. The number of hydrogen-bond donors (Lipinski definition) is 0. The summed E-state index contributed by atoms with van der Waals surface area (Å²) in [5.74, 6) is -0.380. The Hall–Kier alpha value is -2.83. The van der Waals surface area contributed by atoms with Crippen molar-refractivity contribution >= 4 is 11.8 Å². The minimum atomic E-state index is -4.45. The molecule has 0 amide bonds. The van der Waals surface area contributed by atoms with E-state index in [2.05, 4.69) is 0 Å². The van der Waals surface area contributed by atoms with Crippen molar-refractivity contribution in [3.8, 4) is 5.75 Å². The molecule has 0 aliphatic rings. The highest BCUT2D eigenvalue weighted by atomic mass is 19.4. The molecule has 1 atom stereocenters. The molecular formula is C23H25F3O4. The number of ketones is 1. The summed E-state index contributed by atoms with van der Waals surface area (Å²) in [6, 6.07) is 9.49. The summed E-state index contributed by atoms with van der Waals surface area (Å²) in [6.45, 7) is 3.97. The molecule has 1 unspecified atom stereocenters. The number of methoxy groups -OCH3 is 1. The van der Waals surface area contributed by atoms with Crippen molar-refractivity contribution in [2.75, 3.05) is 13.7 Å². The van der Waals surface area contributed by atoms with E-state index in [9.17, 15) is 22.8 Å². The Labute approximate surface area is 174 Å². The number of carbonyl (C=O) groups excluding carboxylic acids is 2.